The van der Waals surface area contributed by atoms with E-state index in [1.165, 1.54) is 17.7 Å². The van der Waals surface area contributed by atoms with Crippen LogP contribution in [0.5, 0.6) is 5.75 Å². The molecule has 3 rings (SSSR count). The number of carbonyl (C=O) groups excluding carboxylic acids is 1. The molecule has 29 heavy (non-hydrogen) atoms. The van der Waals surface area contributed by atoms with Crippen molar-refractivity contribution in [1.82, 2.24) is 0 Å². The van der Waals surface area contributed by atoms with Crippen LogP contribution in [0.15, 0.2) is 65.7 Å². The zero-order valence-electron chi connectivity index (χ0n) is 16.1. The Balaban J connectivity index is 1.61. The molecule has 0 radical (unpaired) electrons. The Morgan fingerprint density at radius 2 is 1.93 bits per heavy atom. The van der Waals surface area contributed by atoms with E-state index in [-0.39, 0.29) is 12.3 Å². The van der Waals surface area contributed by atoms with Gasteiger partial charge in [0.05, 0.1) is 16.4 Å². The van der Waals surface area contributed by atoms with E-state index < -0.39 is 11.7 Å². The second kappa shape index (κ2) is 9.34. The number of amides is 1. The van der Waals surface area contributed by atoms with Gasteiger partial charge in [-0.15, -0.1) is 0 Å². The Morgan fingerprint density at radius 3 is 2.66 bits per heavy atom. The Labute approximate surface area is 174 Å². The molecule has 0 saturated heterocycles. The van der Waals surface area contributed by atoms with Gasteiger partial charge in [-0.3, -0.25) is 9.79 Å². The van der Waals surface area contributed by atoms with E-state index in [0.717, 1.165) is 16.8 Å². The van der Waals surface area contributed by atoms with Crippen LogP contribution in [0.4, 0.5) is 15.8 Å². The molecule has 0 atom stereocenters. The summed E-state index contributed by atoms with van der Waals surface area (Å²) in [4.78, 5) is 16.5. The molecular formula is C23H20ClFN2O2. The van der Waals surface area contributed by atoms with Crippen molar-refractivity contribution in [3.63, 3.8) is 0 Å². The van der Waals surface area contributed by atoms with Gasteiger partial charge in [-0.1, -0.05) is 41.4 Å². The highest BCUT2D eigenvalue weighted by atomic mass is 35.5. The minimum Gasteiger partial charge on any atom is -0.482 e. The Bertz CT molecular complexity index is 1070. The van der Waals surface area contributed by atoms with Crippen molar-refractivity contribution in [2.75, 3.05) is 11.9 Å². The second-order valence-corrected chi connectivity index (χ2v) is 6.96. The number of ether oxygens (including phenoxy) is 1. The summed E-state index contributed by atoms with van der Waals surface area (Å²) in [6.45, 7) is 3.76. The van der Waals surface area contributed by atoms with E-state index in [2.05, 4.69) is 16.4 Å². The number of rotatable bonds is 6. The average Bonchev–Trinajstić information content (AvgIpc) is 2.68. The maximum Gasteiger partial charge on any atom is 0.262 e. The zero-order chi connectivity index (χ0) is 20.8. The van der Waals surface area contributed by atoms with Crippen LogP contribution in [0, 0.1) is 19.7 Å². The van der Waals surface area contributed by atoms with E-state index in [1.807, 2.05) is 26.0 Å². The van der Waals surface area contributed by atoms with Gasteiger partial charge in [0.15, 0.2) is 6.61 Å². The number of para-hydroxylation sites is 1. The van der Waals surface area contributed by atoms with Crippen molar-refractivity contribution < 1.29 is 13.9 Å². The van der Waals surface area contributed by atoms with Gasteiger partial charge in [0.25, 0.3) is 5.91 Å². The van der Waals surface area contributed by atoms with Crippen molar-refractivity contribution in [2.45, 2.75) is 13.8 Å². The van der Waals surface area contributed by atoms with Crippen molar-refractivity contribution in [2.24, 2.45) is 4.99 Å². The molecule has 3 aromatic carbocycles. The monoisotopic (exact) mass is 410 g/mol. The fourth-order valence-electron chi connectivity index (χ4n) is 2.70. The zero-order valence-corrected chi connectivity index (χ0v) is 16.8. The maximum atomic E-state index is 13.6. The standard InChI is InChI=1S/C23H20ClFN2O2/c1-15-7-9-20(16(2)11-15)26-13-17-8-10-22(18(24)12-17)29-14-23(28)27-21-6-4-3-5-19(21)25/h3-13H,14H2,1-2H3,(H,27,28). The van der Waals surface area contributed by atoms with Crippen molar-refractivity contribution >= 4 is 35.1 Å². The number of benzene rings is 3. The number of nitrogens with one attached hydrogen (secondary N) is 1. The van der Waals surface area contributed by atoms with Crippen LogP contribution in [-0.4, -0.2) is 18.7 Å². The molecule has 0 aliphatic carbocycles. The summed E-state index contributed by atoms with van der Waals surface area (Å²) >= 11 is 6.25. The van der Waals surface area contributed by atoms with Crippen molar-refractivity contribution in [3.05, 3.63) is 88.2 Å². The van der Waals surface area contributed by atoms with E-state index >= 15 is 0 Å². The summed E-state index contributed by atoms with van der Waals surface area (Å²) < 4.78 is 19.0. The number of halogens is 2. The van der Waals surface area contributed by atoms with Crippen molar-refractivity contribution in [1.29, 1.82) is 0 Å². The molecule has 0 fully saturated rings. The first-order chi connectivity index (χ1) is 13.9. The van der Waals surface area contributed by atoms with Gasteiger partial charge in [-0.25, -0.2) is 4.39 Å². The fourth-order valence-corrected chi connectivity index (χ4v) is 2.94. The number of carbonyl (C=O) groups is 1. The Kier molecular flexibility index (Phi) is 6.62. The molecule has 0 unspecified atom stereocenters. The number of hydrogen-bond donors (Lipinski definition) is 1. The molecule has 4 nitrogen and oxygen atoms in total. The lowest BCUT2D eigenvalue weighted by Crippen LogP contribution is -2.20. The summed E-state index contributed by atoms with van der Waals surface area (Å²) in [6, 6.07) is 17.1. The molecule has 0 aliphatic heterocycles. The number of hydrogen-bond acceptors (Lipinski definition) is 3. The summed E-state index contributed by atoms with van der Waals surface area (Å²) in [5.74, 6) is -0.628. The summed E-state index contributed by atoms with van der Waals surface area (Å²) in [5.41, 5.74) is 4.07. The van der Waals surface area contributed by atoms with Crippen LogP contribution >= 0.6 is 11.6 Å². The summed E-state index contributed by atoms with van der Waals surface area (Å²) in [5, 5.41) is 2.81. The minimum absolute atomic E-state index is 0.102. The lowest BCUT2D eigenvalue weighted by molar-refractivity contribution is -0.118. The fraction of sp³-hybridized carbons (Fsp3) is 0.130. The molecule has 148 valence electrons. The molecule has 0 aliphatic rings. The van der Waals surface area contributed by atoms with E-state index in [4.69, 9.17) is 16.3 Å². The minimum atomic E-state index is -0.508. The van der Waals surface area contributed by atoms with Crippen molar-refractivity contribution in [3.8, 4) is 5.75 Å². The topological polar surface area (TPSA) is 50.7 Å². The number of aliphatic imine (C=N–C) groups is 1. The highest BCUT2D eigenvalue weighted by Crippen LogP contribution is 2.26. The Hall–Kier alpha value is -3.18. The average molecular weight is 411 g/mol. The molecular weight excluding hydrogens is 391 g/mol. The molecule has 3 aromatic rings. The molecule has 0 spiro atoms. The molecule has 0 heterocycles. The lowest BCUT2D eigenvalue weighted by atomic mass is 10.1. The quantitative estimate of drug-likeness (QED) is 0.517. The van der Waals surface area contributed by atoms with Crippen LogP contribution in [0.25, 0.3) is 0 Å². The van der Waals surface area contributed by atoms with Gasteiger partial charge in [0.1, 0.15) is 11.6 Å². The van der Waals surface area contributed by atoms with Gasteiger partial charge >= 0.3 is 0 Å². The van der Waals surface area contributed by atoms with Gasteiger partial charge in [-0.05, 0) is 61.4 Å². The van der Waals surface area contributed by atoms with Crippen LogP contribution in [0.2, 0.25) is 5.02 Å². The molecule has 6 heteroatoms. The first kappa shape index (κ1) is 20.6. The van der Waals surface area contributed by atoms with E-state index in [9.17, 15) is 9.18 Å². The lowest BCUT2D eigenvalue weighted by Gasteiger charge is -2.09. The van der Waals surface area contributed by atoms with Gasteiger partial charge in [0, 0.05) is 6.21 Å². The SMILES string of the molecule is Cc1ccc(N=Cc2ccc(OCC(=O)Nc3ccccc3F)c(Cl)c2)c(C)c1. The van der Waals surface area contributed by atoms with Gasteiger partial charge < -0.3 is 10.1 Å². The second-order valence-electron chi connectivity index (χ2n) is 6.55. The van der Waals surface area contributed by atoms with Gasteiger partial charge in [0.2, 0.25) is 0 Å². The van der Waals surface area contributed by atoms with Gasteiger partial charge in [-0.2, -0.15) is 0 Å². The number of anilines is 1. The molecule has 1 N–H and O–H groups in total. The van der Waals surface area contributed by atoms with E-state index in [1.54, 1.807) is 36.5 Å². The maximum absolute atomic E-state index is 13.6. The van der Waals surface area contributed by atoms with Crippen LogP contribution in [-0.2, 0) is 4.79 Å². The van der Waals surface area contributed by atoms with E-state index in [0.29, 0.717) is 10.8 Å². The number of nitrogens with zero attached hydrogens (tertiary/aromatic N) is 1. The van der Waals surface area contributed by atoms with Crippen LogP contribution in [0.1, 0.15) is 16.7 Å². The highest BCUT2D eigenvalue weighted by molar-refractivity contribution is 6.32. The highest BCUT2D eigenvalue weighted by Gasteiger charge is 2.09. The van der Waals surface area contributed by atoms with Crippen LogP contribution < -0.4 is 10.1 Å². The molecule has 0 bridgehead atoms. The smallest absolute Gasteiger partial charge is 0.262 e. The molecule has 0 aromatic heterocycles. The summed E-state index contributed by atoms with van der Waals surface area (Å²) in [7, 11) is 0. The third-order valence-corrected chi connectivity index (χ3v) is 4.46. The third-order valence-electron chi connectivity index (χ3n) is 4.17. The predicted octanol–water partition coefficient (Wildman–Crippen LogP) is 5.86. The number of aryl methyl sites for hydroxylation is 2. The predicted molar refractivity (Wildman–Crippen MR) is 115 cm³/mol. The van der Waals surface area contributed by atoms with Crippen LogP contribution in [0.3, 0.4) is 0 Å². The third kappa shape index (κ3) is 5.65. The first-order valence-electron chi connectivity index (χ1n) is 9.00. The first-order valence-corrected chi connectivity index (χ1v) is 9.38. The summed E-state index contributed by atoms with van der Waals surface area (Å²) in [6.07, 6.45) is 1.72. The molecule has 1 amide bonds. The normalized spacial score (nSPS) is 10.9. The molecule has 0 saturated carbocycles. The Morgan fingerprint density at radius 1 is 1.14 bits per heavy atom. The largest absolute Gasteiger partial charge is 0.482 e.